The zero-order chi connectivity index (χ0) is 25.0. The molecule has 0 radical (unpaired) electrons. The van der Waals surface area contributed by atoms with Crippen LogP contribution >= 0.6 is 0 Å². The topological polar surface area (TPSA) is 105 Å². The highest BCUT2D eigenvalue weighted by molar-refractivity contribution is 5.92. The number of aromatic nitrogens is 2. The Morgan fingerprint density at radius 2 is 1.74 bits per heavy atom. The van der Waals surface area contributed by atoms with Gasteiger partial charge in [0.15, 0.2) is 0 Å². The standard InChI is InChI=1S/C25H24F3N3O4/c26-25(27,28)20-14-17(15-4-2-1-3-5-15)8-11-19(20)23-30-24(35-31-23)16-6-9-18(10-7-16)29-21(32)12-13-22(33)34/h6-11,14-15H,1-5,12-13H2,(H,29,32)(H,33,34). The molecule has 184 valence electrons. The molecule has 1 amide bonds. The summed E-state index contributed by atoms with van der Waals surface area (Å²) < 4.78 is 46.9. The molecule has 0 saturated heterocycles. The minimum Gasteiger partial charge on any atom is -0.481 e. The second-order valence-electron chi connectivity index (χ2n) is 8.58. The van der Waals surface area contributed by atoms with Crippen LogP contribution in [0, 0.1) is 0 Å². The van der Waals surface area contributed by atoms with Crippen LogP contribution in [0.3, 0.4) is 0 Å². The van der Waals surface area contributed by atoms with E-state index in [2.05, 4.69) is 15.5 Å². The van der Waals surface area contributed by atoms with E-state index in [9.17, 15) is 22.8 Å². The van der Waals surface area contributed by atoms with Crippen LogP contribution in [-0.4, -0.2) is 27.1 Å². The number of carbonyl (C=O) groups excluding carboxylic acids is 1. The first-order chi connectivity index (χ1) is 16.7. The summed E-state index contributed by atoms with van der Waals surface area (Å²) in [6.07, 6.45) is -0.0787. The number of aliphatic carboxylic acids is 1. The summed E-state index contributed by atoms with van der Waals surface area (Å²) in [5.74, 6) is -1.51. The van der Waals surface area contributed by atoms with Gasteiger partial charge in [-0.15, -0.1) is 0 Å². The smallest absolute Gasteiger partial charge is 0.417 e. The fourth-order valence-corrected chi connectivity index (χ4v) is 4.27. The average molecular weight is 487 g/mol. The van der Waals surface area contributed by atoms with E-state index in [0.29, 0.717) is 16.8 Å². The first-order valence-electron chi connectivity index (χ1n) is 11.4. The number of carboxylic acid groups (broad SMARTS) is 1. The predicted molar refractivity (Wildman–Crippen MR) is 121 cm³/mol. The van der Waals surface area contributed by atoms with Gasteiger partial charge < -0.3 is 14.9 Å². The van der Waals surface area contributed by atoms with Crippen molar-refractivity contribution in [1.29, 1.82) is 0 Å². The van der Waals surface area contributed by atoms with Gasteiger partial charge in [0.25, 0.3) is 5.89 Å². The number of benzene rings is 2. The Labute approximate surface area is 199 Å². The number of carbonyl (C=O) groups is 2. The molecule has 7 nitrogen and oxygen atoms in total. The molecule has 0 unspecified atom stereocenters. The Bertz CT molecular complexity index is 1200. The second kappa shape index (κ2) is 10.3. The van der Waals surface area contributed by atoms with E-state index in [0.717, 1.165) is 32.1 Å². The minimum absolute atomic E-state index is 0.0354. The van der Waals surface area contributed by atoms with E-state index in [-0.39, 0.29) is 36.0 Å². The van der Waals surface area contributed by atoms with E-state index < -0.39 is 23.6 Å². The first-order valence-corrected chi connectivity index (χ1v) is 11.4. The molecule has 1 fully saturated rings. The van der Waals surface area contributed by atoms with Gasteiger partial charge in [-0.05, 0) is 54.7 Å². The minimum atomic E-state index is -4.57. The molecule has 35 heavy (non-hydrogen) atoms. The van der Waals surface area contributed by atoms with Crippen molar-refractivity contribution in [2.75, 3.05) is 5.32 Å². The quantitative estimate of drug-likeness (QED) is 0.407. The SMILES string of the molecule is O=C(O)CCC(=O)Nc1ccc(-c2nc(-c3ccc(C4CCCCC4)cc3C(F)(F)F)no2)cc1. The molecule has 2 aromatic carbocycles. The van der Waals surface area contributed by atoms with Crippen molar-refractivity contribution in [3.05, 3.63) is 53.6 Å². The number of hydrogen-bond acceptors (Lipinski definition) is 5. The first kappa shape index (κ1) is 24.4. The molecule has 0 atom stereocenters. The fraction of sp³-hybridized carbons (Fsp3) is 0.360. The lowest BCUT2D eigenvalue weighted by Gasteiger charge is -2.23. The highest BCUT2D eigenvalue weighted by Crippen LogP contribution is 2.41. The normalized spacial score (nSPS) is 14.6. The summed E-state index contributed by atoms with van der Waals surface area (Å²) in [5, 5.41) is 15.0. The van der Waals surface area contributed by atoms with Crippen LogP contribution in [-0.2, 0) is 15.8 Å². The monoisotopic (exact) mass is 487 g/mol. The van der Waals surface area contributed by atoms with Gasteiger partial charge >= 0.3 is 12.1 Å². The van der Waals surface area contributed by atoms with Crippen molar-refractivity contribution in [3.63, 3.8) is 0 Å². The zero-order valence-electron chi connectivity index (χ0n) is 18.8. The number of rotatable bonds is 7. The number of alkyl halides is 3. The van der Waals surface area contributed by atoms with E-state index in [1.165, 1.54) is 12.1 Å². The maximum absolute atomic E-state index is 13.9. The Morgan fingerprint density at radius 1 is 1.03 bits per heavy atom. The lowest BCUT2D eigenvalue weighted by molar-refractivity contribution is -0.138. The van der Waals surface area contributed by atoms with Gasteiger partial charge in [0.2, 0.25) is 11.7 Å². The van der Waals surface area contributed by atoms with Crippen molar-refractivity contribution < 1.29 is 32.4 Å². The van der Waals surface area contributed by atoms with Gasteiger partial charge in [-0.1, -0.05) is 36.6 Å². The average Bonchev–Trinajstić information content (AvgIpc) is 3.33. The molecule has 0 aliphatic heterocycles. The van der Waals surface area contributed by atoms with Gasteiger partial charge in [0.1, 0.15) is 0 Å². The van der Waals surface area contributed by atoms with Crippen molar-refractivity contribution in [2.45, 2.75) is 57.0 Å². The predicted octanol–water partition coefficient (Wildman–Crippen LogP) is 6.27. The third-order valence-electron chi connectivity index (χ3n) is 6.07. The largest absolute Gasteiger partial charge is 0.481 e. The summed E-state index contributed by atoms with van der Waals surface area (Å²) in [4.78, 5) is 26.5. The van der Waals surface area contributed by atoms with Crippen LogP contribution in [0.4, 0.5) is 18.9 Å². The molecule has 1 saturated carbocycles. The number of hydrogen-bond donors (Lipinski definition) is 2. The van der Waals surface area contributed by atoms with Crippen LogP contribution < -0.4 is 5.32 Å². The molecule has 4 rings (SSSR count). The molecule has 1 aromatic heterocycles. The summed E-state index contributed by atoms with van der Waals surface area (Å²) in [6, 6.07) is 10.6. The molecule has 1 heterocycles. The maximum Gasteiger partial charge on any atom is 0.417 e. The van der Waals surface area contributed by atoms with E-state index in [4.69, 9.17) is 9.63 Å². The van der Waals surface area contributed by atoms with E-state index in [1.807, 2.05) is 0 Å². The van der Waals surface area contributed by atoms with E-state index >= 15 is 0 Å². The molecule has 10 heteroatoms. The van der Waals surface area contributed by atoms with Crippen LogP contribution in [0.1, 0.15) is 62.0 Å². The second-order valence-corrected chi connectivity index (χ2v) is 8.58. The molecule has 0 spiro atoms. The van der Waals surface area contributed by atoms with Crippen LogP contribution in [0.5, 0.6) is 0 Å². The maximum atomic E-state index is 13.9. The molecule has 1 aliphatic rings. The van der Waals surface area contributed by atoms with Crippen LogP contribution in [0.15, 0.2) is 47.0 Å². The summed E-state index contributed by atoms with van der Waals surface area (Å²) in [5.41, 5.74) is 0.647. The molecule has 3 aromatic rings. The molecular weight excluding hydrogens is 463 g/mol. The number of nitrogens with one attached hydrogen (secondary N) is 1. The summed E-state index contributed by atoms with van der Waals surface area (Å²) in [6.45, 7) is 0. The number of nitrogens with zero attached hydrogens (tertiary/aromatic N) is 2. The van der Waals surface area contributed by atoms with Crippen LogP contribution in [0.2, 0.25) is 0 Å². The van der Waals surface area contributed by atoms with Crippen molar-refractivity contribution >= 4 is 17.6 Å². The van der Waals surface area contributed by atoms with Gasteiger partial charge in [-0.25, -0.2) is 0 Å². The lowest BCUT2D eigenvalue weighted by Crippen LogP contribution is -2.13. The Balaban J connectivity index is 1.54. The number of carboxylic acids is 1. The molecule has 1 aliphatic carbocycles. The van der Waals surface area contributed by atoms with Crippen molar-refractivity contribution in [2.24, 2.45) is 0 Å². The Hall–Kier alpha value is -3.69. The summed E-state index contributed by atoms with van der Waals surface area (Å²) >= 11 is 0. The summed E-state index contributed by atoms with van der Waals surface area (Å²) in [7, 11) is 0. The van der Waals surface area contributed by atoms with Gasteiger partial charge in [-0.3, -0.25) is 9.59 Å². The van der Waals surface area contributed by atoms with Crippen molar-refractivity contribution in [3.8, 4) is 22.8 Å². The van der Waals surface area contributed by atoms with Crippen molar-refractivity contribution in [1.82, 2.24) is 10.1 Å². The van der Waals surface area contributed by atoms with Gasteiger partial charge in [-0.2, -0.15) is 18.2 Å². The number of halogens is 3. The van der Waals surface area contributed by atoms with E-state index in [1.54, 1.807) is 30.3 Å². The highest BCUT2D eigenvalue weighted by Gasteiger charge is 2.36. The molecule has 0 bridgehead atoms. The number of amides is 1. The molecule has 2 N–H and O–H groups in total. The lowest BCUT2D eigenvalue weighted by atomic mass is 9.83. The fourth-order valence-electron chi connectivity index (χ4n) is 4.27. The van der Waals surface area contributed by atoms with Gasteiger partial charge in [0, 0.05) is 23.2 Å². The van der Waals surface area contributed by atoms with Gasteiger partial charge in [0.05, 0.1) is 12.0 Å². The highest BCUT2D eigenvalue weighted by atomic mass is 19.4. The molecular formula is C25H24F3N3O4. The third-order valence-corrected chi connectivity index (χ3v) is 6.07. The Kier molecular flexibility index (Phi) is 7.18. The zero-order valence-corrected chi connectivity index (χ0v) is 18.8. The van der Waals surface area contributed by atoms with Crippen LogP contribution in [0.25, 0.3) is 22.8 Å². The third kappa shape index (κ3) is 6.06. The Morgan fingerprint density at radius 3 is 2.40 bits per heavy atom. The number of anilines is 1.